The molecule has 0 unspecified atom stereocenters. The van der Waals surface area contributed by atoms with Crippen molar-refractivity contribution in [3.05, 3.63) is 84.7 Å². The number of benzene rings is 3. The molecule has 0 aliphatic heterocycles. The van der Waals surface area contributed by atoms with Gasteiger partial charge in [-0.2, -0.15) is 0 Å². The Morgan fingerprint density at radius 1 is 0.786 bits per heavy atom. The van der Waals surface area contributed by atoms with Gasteiger partial charge >= 0.3 is 6.03 Å². The van der Waals surface area contributed by atoms with Crippen LogP contribution in [0.25, 0.3) is 0 Å². The molecule has 0 bridgehead atoms. The quantitative estimate of drug-likeness (QED) is 0.595. The highest BCUT2D eigenvalue weighted by Gasteiger charge is 2.07. The zero-order valence-corrected chi connectivity index (χ0v) is 14.8. The number of hydrogen-bond acceptors (Lipinski definition) is 3. The summed E-state index contributed by atoms with van der Waals surface area (Å²) in [7, 11) is 0. The van der Waals surface area contributed by atoms with Crippen molar-refractivity contribution in [2.75, 3.05) is 17.2 Å². The molecular weight excluding hydrogens is 361 g/mol. The SMILES string of the molecule is O=C(CNC(=O)Nc1cccc(Oc2ccccc2)c1)Nc1cccc(F)c1. The molecule has 3 amide bonds. The van der Waals surface area contributed by atoms with E-state index < -0.39 is 17.8 Å². The van der Waals surface area contributed by atoms with Crippen molar-refractivity contribution in [2.24, 2.45) is 0 Å². The normalized spacial score (nSPS) is 10.0. The molecule has 0 atom stereocenters. The van der Waals surface area contributed by atoms with E-state index in [0.717, 1.165) is 0 Å². The second-order valence-corrected chi connectivity index (χ2v) is 5.81. The van der Waals surface area contributed by atoms with Crippen molar-refractivity contribution in [3.8, 4) is 11.5 Å². The van der Waals surface area contributed by atoms with Gasteiger partial charge in [0.15, 0.2) is 0 Å². The van der Waals surface area contributed by atoms with Gasteiger partial charge in [-0.15, -0.1) is 0 Å². The van der Waals surface area contributed by atoms with Gasteiger partial charge in [0.05, 0.1) is 6.54 Å². The Balaban J connectivity index is 1.49. The smallest absolute Gasteiger partial charge is 0.319 e. The van der Waals surface area contributed by atoms with E-state index in [1.54, 1.807) is 30.3 Å². The van der Waals surface area contributed by atoms with Gasteiger partial charge in [-0.1, -0.05) is 30.3 Å². The fraction of sp³-hybridized carbons (Fsp3) is 0.0476. The Labute approximate surface area is 161 Å². The Kier molecular flexibility index (Phi) is 6.20. The van der Waals surface area contributed by atoms with Crippen LogP contribution in [-0.2, 0) is 4.79 Å². The Morgan fingerprint density at radius 2 is 1.46 bits per heavy atom. The van der Waals surface area contributed by atoms with Crippen molar-refractivity contribution in [1.29, 1.82) is 0 Å². The first-order valence-electron chi connectivity index (χ1n) is 8.52. The molecule has 0 aliphatic rings. The summed E-state index contributed by atoms with van der Waals surface area (Å²) in [6, 6.07) is 21.1. The van der Waals surface area contributed by atoms with Crippen LogP contribution < -0.4 is 20.7 Å². The van der Waals surface area contributed by atoms with E-state index in [9.17, 15) is 14.0 Å². The summed E-state index contributed by atoms with van der Waals surface area (Å²) >= 11 is 0. The molecule has 0 aliphatic carbocycles. The van der Waals surface area contributed by atoms with Gasteiger partial charge in [0.25, 0.3) is 0 Å². The minimum Gasteiger partial charge on any atom is -0.457 e. The number of hydrogen-bond donors (Lipinski definition) is 3. The van der Waals surface area contributed by atoms with Gasteiger partial charge in [0, 0.05) is 17.4 Å². The molecule has 0 saturated carbocycles. The molecule has 0 heterocycles. The number of urea groups is 1. The maximum absolute atomic E-state index is 13.1. The second-order valence-electron chi connectivity index (χ2n) is 5.81. The van der Waals surface area contributed by atoms with E-state index in [1.807, 2.05) is 30.3 Å². The third-order valence-electron chi connectivity index (χ3n) is 3.59. The lowest BCUT2D eigenvalue weighted by molar-refractivity contribution is -0.115. The lowest BCUT2D eigenvalue weighted by atomic mass is 10.3. The van der Waals surface area contributed by atoms with Crippen LogP contribution in [-0.4, -0.2) is 18.5 Å². The highest BCUT2D eigenvalue weighted by molar-refractivity contribution is 5.97. The van der Waals surface area contributed by atoms with Gasteiger partial charge in [-0.05, 0) is 42.5 Å². The van der Waals surface area contributed by atoms with Gasteiger partial charge < -0.3 is 20.7 Å². The van der Waals surface area contributed by atoms with Crippen LogP contribution in [0.4, 0.5) is 20.6 Å². The molecule has 3 N–H and O–H groups in total. The standard InChI is InChI=1S/C21H18FN3O3/c22-15-6-4-7-16(12-15)24-20(26)14-23-21(27)25-17-8-5-11-19(13-17)28-18-9-2-1-3-10-18/h1-13H,14H2,(H,24,26)(H2,23,25,27). The first-order chi connectivity index (χ1) is 13.6. The van der Waals surface area contributed by atoms with E-state index in [1.165, 1.54) is 18.2 Å². The van der Waals surface area contributed by atoms with Crippen LogP contribution >= 0.6 is 0 Å². The molecule has 28 heavy (non-hydrogen) atoms. The lowest BCUT2D eigenvalue weighted by Gasteiger charge is -2.10. The van der Waals surface area contributed by atoms with E-state index in [2.05, 4.69) is 16.0 Å². The zero-order valence-electron chi connectivity index (χ0n) is 14.8. The van der Waals surface area contributed by atoms with Crippen molar-refractivity contribution >= 4 is 23.3 Å². The fourth-order valence-corrected chi connectivity index (χ4v) is 2.37. The van der Waals surface area contributed by atoms with Gasteiger partial charge in [0.2, 0.25) is 5.91 Å². The number of anilines is 2. The molecule has 0 spiro atoms. The van der Waals surface area contributed by atoms with E-state index in [-0.39, 0.29) is 6.54 Å². The molecule has 0 saturated heterocycles. The van der Waals surface area contributed by atoms with Crippen LogP contribution in [0.15, 0.2) is 78.9 Å². The molecule has 0 radical (unpaired) electrons. The largest absolute Gasteiger partial charge is 0.457 e. The summed E-state index contributed by atoms with van der Waals surface area (Å²) < 4.78 is 18.8. The summed E-state index contributed by atoms with van der Waals surface area (Å²) in [5.41, 5.74) is 0.828. The van der Waals surface area contributed by atoms with E-state index in [4.69, 9.17) is 4.74 Å². The second kappa shape index (κ2) is 9.18. The summed E-state index contributed by atoms with van der Waals surface area (Å²) in [4.78, 5) is 23.8. The van der Waals surface area contributed by atoms with E-state index >= 15 is 0 Å². The lowest BCUT2D eigenvalue weighted by Crippen LogP contribution is -2.35. The van der Waals surface area contributed by atoms with Crippen molar-refractivity contribution < 1.29 is 18.7 Å². The molecular formula is C21H18FN3O3. The molecule has 6 nitrogen and oxygen atoms in total. The number of carbonyl (C=O) groups is 2. The number of amides is 3. The summed E-state index contributed by atoms with van der Waals surface area (Å²) in [6.45, 7) is -0.261. The first kappa shape index (κ1) is 18.9. The van der Waals surface area contributed by atoms with Crippen molar-refractivity contribution in [1.82, 2.24) is 5.32 Å². The highest BCUT2D eigenvalue weighted by Crippen LogP contribution is 2.23. The summed E-state index contributed by atoms with van der Waals surface area (Å²) in [6.07, 6.45) is 0. The third-order valence-corrected chi connectivity index (χ3v) is 3.59. The average molecular weight is 379 g/mol. The molecule has 7 heteroatoms. The Hall–Kier alpha value is -3.87. The Bertz CT molecular complexity index is 964. The number of rotatable bonds is 6. The minimum atomic E-state index is -0.550. The maximum atomic E-state index is 13.1. The maximum Gasteiger partial charge on any atom is 0.319 e. The molecule has 142 valence electrons. The van der Waals surface area contributed by atoms with Crippen LogP contribution in [0.1, 0.15) is 0 Å². The number of para-hydroxylation sites is 1. The predicted molar refractivity (Wildman–Crippen MR) is 105 cm³/mol. The monoisotopic (exact) mass is 379 g/mol. The minimum absolute atomic E-state index is 0.261. The highest BCUT2D eigenvalue weighted by atomic mass is 19.1. The molecule has 0 aromatic heterocycles. The van der Waals surface area contributed by atoms with E-state index in [0.29, 0.717) is 22.9 Å². The van der Waals surface area contributed by atoms with Crippen LogP contribution in [0, 0.1) is 5.82 Å². The number of ether oxygens (including phenoxy) is 1. The fourth-order valence-electron chi connectivity index (χ4n) is 2.37. The third kappa shape index (κ3) is 5.84. The number of halogens is 1. The first-order valence-corrected chi connectivity index (χ1v) is 8.52. The van der Waals surface area contributed by atoms with Crippen molar-refractivity contribution in [2.45, 2.75) is 0 Å². The van der Waals surface area contributed by atoms with Gasteiger partial charge in [-0.25, -0.2) is 9.18 Å². The number of carbonyl (C=O) groups excluding carboxylic acids is 2. The van der Waals surface area contributed by atoms with Gasteiger partial charge in [-0.3, -0.25) is 4.79 Å². The molecule has 3 aromatic rings. The van der Waals surface area contributed by atoms with Crippen LogP contribution in [0.3, 0.4) is 0 Å². The molecule has 3 aromatic carbocycles. The Morgan fingerprint density at radius 3 is 2.21 bits per heavy atom. The molecule has 3 rings (SSSR count). The summed E-state index contributed by atoms with van der Waals surface area (Å²) in [5.74, 6) is 0.314. The average Bonchev–Trinajstić information content (AvgIpc) is 2.67. The van der Waals surface area contributed by atoms with Gasteiger partial charge in [0.1, 0.15) is 17.3 Å². The van der Waals surface area contributed by atoms with Crippen LogP contribution in [0.2, 0.25) is 0 Å². The zero-order chi connectivity index (χ0) is 19.8. The number of nitrogens with one attached hydrogen (secondary N) is 3. The van der Waals surface area contributed by atoms with Crippen LogP contribution in [0.5, 0.6) is 11.5 Å². The van der Waals surface area contributed by atoms with Crippen molar-refractivity contribution in [3.63, 3.8) is 0 Å². The summed E-state index contributed by atoms with van der Waals surface area (Å²) in [5, 5.41) is 7.56. The molecule has 0 fully saturated rings. The topological polar surface area (TPSA) is 79.5 Å². The predicted octanol–water partition coefficient (Wildman–Crippen LogP) is 4.38.